The number of likely N-dealkylation sites (N-methyl/N-ethyl adjacent to an activating group) is 1. The maximum Gasteiger partial charge on any atom is 0.131 e. The Morgan fingerprint density at radius 2 is 1.71 bits per heavy atom. The van der Waals surface area contributed by atoms with Crippen molar-refractivity contribution in [2.75, 3.05) is 14.2 Å². The van der Waals surface area contributed by atoms with E-state index < -0.39 is 23.5 Å². The summed E-state index contributed by atoms with van der Waals surface area (Å²) in [4.78, 5) is 0. The first kappa shape index (κ1) is 15.4. The van der Waals surface area contributed by atoms with Gasteiger partial charge in [-0.3, -0.25) is 0 Å². The van der Waals surface area contributed by atoms with Crippen molar-refractivity contribution in [2.45, 2.75) is 12.5 Å². The molecule has 2 aromatic rings. The van der Waals surface area contributed by atoms with Crippen LogP contribution in [0.25, 0.3) is 0 Å². The third-order valence-corrected chi connectivity index (χ3v) is 3.29. The molecule has 0 aliphatic carbocycles. The van der Waals surface area contributed by atoms with Crippen LogP contribution in [0.4, 0.5) is 13.2 Å². The largest absolute Gasteiger partial charge is 0.497 e. The van der Waals surface area contributed by atoms with Crippen molar-refractivity contribution in [3.05, 3.63) is 65.0 Å². The molecular formula is C16H16F3NO. The van der Waals surface area contributed by atoms with Crippen LogP contribution in [0.3, 0.4) is 0 Å². The Labute approximate surface area is 121 Å². The van der Waals surface area contributed by atoms with Crippen LogP contribution in [0.5, 0.6) is 5.75 Å². The van der Waals surface area contributed by atoms with E-state index in [1.165, 1.54) is 25.3 Å². The fourth-order valence-corrected chi connectivity index (χ4v) is 2.25. The Kier molecular flexibility index (Phi) is 4.85. The van der Waals surface area contributed by atoms with E-state index >= 15 is 0 Å². The Hall–Kier alpha value is -2.01. The molecule has 21 heavy (non-hydrogen) atoms. The smallest absolute Gasteiger partial charge is 0.131 e. The van der Waals surface area contributed by atoms with Crippen LogP contribution >= 0.6 is 0 Å². The normalized spacial score (nSPS) is 12.2. The molecule has 0 radical (unpaired) electrons. The molecule has 0 saturated carbocycles. The molecule has 1 atom stereocenters. The minimum Gasteiger partial charge on any atom is -0.497 e. The number of hydrogen-bond donors (Lipinski definition) is 1. The predicted octanol–water partition coefficient (Wildman–Crippen LogP) is 3.62. The lowest BCUT2D eigenvalue weighted by molar-refractivity contribution is 0.409. The molecule has 2 nitrogen and oxygen atoms in total. The van der Waals surface area contributed by atoms with Gasteiger partial charge in [0.05, 0.1) is 7.11 Å². The van der Waals surface area contributed by atoms with E-state index in [1.807, 2.05) is 0 Å². The SMILES string of the molecule is CNC(Cc1cc(F)cc(F)c1)c1ccc(OC)cc1F. The van der Waals surface area contributed by atoms with E-state index in [1.54, 1.807) is 19.2 Å². The van der Waals surface area contributed by atoms with E-state index in [2.05, 4.69) is 5.32 Å². The van der Waals surface area contributed by atoms with Gasteiger partial charge in [-0.05, 0) is 37.2 Å². The van der Waals surface area contributed by atoms with Crippen LogP contribution in [0.2, 0.25) is 0 Å². The van der Waals surface area contributed by atoms with Gasteiger partial charge in [-0.25, -0.2) is 13.2 Å². The monoisotopic (exact) mass is 295 g/mol. The summed E-state index contributed by atoms with van der Waals surface area (Å²) in [7, 11) is 3.13. The molecule has 0 saturated heterocycles. The molecule has 2 aromatic carbocycles. The number of benzene rings is 2. The number of rotatable bonds is 5. The number of methoxy groups -OCH3 is 1. The third-order valence-electron chi connectivity index (χ3n) is 3.29. The topological polar surface area (TPSA) is 21.3 Å². The van der Waals surface area contributed by atoms with E-state index in [-0.39, 0.29) is 6.42 Å². The van der Waals surface area contributed by atoms with E-state index in [9.17, 15) is 13.2 Å². The molecule has 1 unspecified atom stereocenters. The molecule has 5 heteroatoms. The summed E-state index contributed by atoms with van der Waals surface area (Å²) >= 11 is 0. The third kappa shape index (κ3) is 3.76. The predicted molar refractivity (Wildman–Crippen MR) is 74.8 cm³/mol. The number of halogens is 3. The van der Waals surface area contributed by atoms with Gasteiger partial charge in [-0.15, -0.1) is 0 Å². The fraction of sp³-hybridized carbons (Fsp3) is 0.250. The van der Waals surface area contributed by atoms with Gasteiger partial charge in [0, 0.05) is 23.7 Å². The molecule has 0 amide bonds. The first-order chi connectivity index (χ1) is 10.0. The van der Waals surface area contributed by atoms with Crippen molar-refractivity contribution >= 4 is 0 Å². The Morgan fingerprint density at radius 1 is 1.05 bits per heavy atom. The van der Waals surface area contributed by atoms with Gasteiger partial charge in [-0.1, -0.05) is 6.07 Å². The van der Waals surface area contributed by atoms with Crippen molar-refractivity contribution in [3.63, 3.8) is 0 Å². The van der Waals surface area contributed by atoms with Gasteiger partial charge in [0.2, 0.25) is 0 Å². The summed E-state index contributed by atoms with van der Waals surface area (Å²) in [5, 5.41) is 2.96. The maximum absolute atomic E-state index is 14.1. The second kappa shape index (κ2) is 6.63. The van der Waals surface area contributed by atoms with Crippen LogP contribution in [0, 0.1) is 17.5 Å². The highest BCUT2D eigenvalue weighted by molar-refractivity contribution is 5.32. The lowest BCUT2D eigenvalue weighted by atomic mass is 9.98. The zero-order valence-corrected chi connectivity index (χ0v) is 11.8. The highest BCUT2D eigenvalue weighted by Crippen LogP contribution is 2.25. The average Bonchev–Trinajstić information content (AvgIpc) is 2.44. The van der Waals surface area contributed by atoms with Crippen molar-refractivity contribution in [1.82, 2.24) is 5.32 Å². The van der Waals surface area contributed by atoms with Crippen LogP contribution in [-0.4, -0.2) is 14.2 Å². The summed E-state index contributed by atoms with van der Waals surface area (Å²) in [6.07, 6.45) is 0.272. The van der Waals surface area contributed by atoms with Crippen LogP contribution < -0.4 is 10.1 Å². The van der Waals surface area contributed by atoms with Crippen LogP contribution in [-0.2, 0) is 6.42 Å². The Morgan fingerprint density at radius 3 is 2.24 bits per heavy atom. The molecule has 0 heterocycles. The number of ether oxygens (including phenoxy) is 1. The highest BCUT2D eigenvalue weighted by Gasteiger charge is 2.16. The maximum atomic E-state index is 14.1. The van der Waals surface area contributed by atoms with Crippen molar-refractivity contribution in [3.8, 4) is 5.75 Å². The molecule has 2 rings (SSSR count). The van der Waals surface area contributed by atoms with E-state index in [0.29, 0.717) is 16.9 Å². The van der Waals surface area contributed by atoms with Crippen LogP contribution in [0.1, 0.15) is 17.2 Å². The Balaban J connectivity index is 2.27. The average molecular weight is 295 g/mol. The Bertz CT molecular complexity index is 611. The molecular weight excluding hydrogens is 279 g/mol. The number of hydrogen-bond acceptors (Lipinski definition) is 2. The molecule has 0 aromatic heterocycles. The summed E-state index contributed by atoms with van der Waals surface area (Å²) in [6, 6.07) is 7.44. The first-order valence-corrected chi connectivity index (χ1v) is 6.49. The molecule has 0 fully saturated rings. The number of nitrogens with one attached hydrogen (secondary N) is 1. The van der Waals surface area contributed by atoms with Crippen LogP contribution in [0.15, 0.2) is 36.4 Å². The van der Waals surface area contributed by atoms with E-state index in [4.69, 9.17) is 4.74 Å². The standard InChI is InChI=1S/C16H16F3NO/c1-20-16(7-10-5-11(17)8-12(18)6-10)14-4-3-13(21-2)9-15(14)19/h3-6,8-9,16,20H,7H2,1-2H3. The van der Waals surface area contributed by atoms with Gasteiger partial charge in [-0.2, -0.15) is 0 Å². The molecule has 0 bridgehead atoms. The summed E-state index contributed by atoms with van der Waals surface area (Å²) in [5.41, 5.74) is 0.880. The van der Waals surface area contributed by atoms with Gasteiger partial charge in [0.15, 0.2) is 0 Å². The zero-order valence-electron chi connectivity index (χ0n) is 11.8. The molecule has 0 aliphatic heterocycles. The minimum atomic E-state index is -0.643. The van der Waals surface area contributed by atoms with Gasteiger partial charge in [0.25, 0.3) is 0 Å². The second-order valence-electron chi connectivity index (χ2n) is 4.71. The van der Waals surface area contributed by atoms with E-state index in [0.717, 1.165) is 6.07 Å². The summed E-state index contributed by atoms with van der Waals surface area (Å²) in [6.45, 7) is 0. The molecule has 1 N–H and O–H groups in total. The second-order valence-corrected chi connectivity index (χ2v) is 4.71. The van der Waals surface area contributed by atoms with Gasteiger partial charge in [0.1, 0.15) is 23.2 Å². The van der Waals surface area contributed by atoms with Crippen molar-refractivity contribution in [2.24, 2.45) is 0 Å². The summed E-state index contributed by atoms with van der Waals surface area (Å²) < 4.78 is 45.4. The molecule has 0 spiro atoms. The fourth-order valence-electron chi connectivity index (χ4n) is 2.25. The van der Waals surface area contributed by atoms with Crippen molar-refractivity contribution < 1.29 is 17.9 Å². The molecule has 112 valence electrons. The highest BCUT2D eigenvalue weighted by atomic mass is 19.1. The van der Waals surface area contributed by atoms with Crippen molar-refractivity contribution in [1.29, 1.82) is 0 Å². The quantitative estimate of drug-likeness (QED) is 0.909. The lowest BCUT2D eigenvalue weighted by Gasteiger charge is -2.18. The van der Waals surface area contributed by atoms with Gasteiger partial charge >= 0.3 is 0 Å². The lowest BCUT2D eigenvalue weighted by Crippen LogP contribution is -2.20. The van der Waals surface area contributed by atoms with Gasteiger partial charge < -0.3 is 10.1 Å². The minimum absolute atomic E-state index is 0.272. The zero-order chi connectivity index (χ0) is 15.4. The summed E-state index contributed by atoms with van der Waals surface area (Å²) in [5.74, 6) is -1.29. The molecule has 0 aliphatic rings. The first-order valence-electron chi connectivity index (χ1n) is 6.49.